The molecule has 7 unspecified atom stereocenters. The van der Waals surface area contributed by atoms with E-state index in [4.69, 9.17) is 19.9 Å². The van der Waals surface area contributed by atoms with Crippen LogP contribution in [0.4, 0.5) is 0 Å². The van der Waals surface area contributed by atoms with Gasteiger partial charge in [0.25, 0.3) is 0 Å². The van der Waals surface area contributed by atoms with Gasteiger partial charge in [0.1, 0.15) is 0 Å². The zero-order valence-electron chi connectivity index (χ0n) is 27.8. The van der Waals surface area contributed by atoms with Gasteiger partial charge in [0.15, 0.2) is 0 Å². The second-order valence-corrected chi connectivity index (χ2v) is 50.0. The summed E-state index contributed by atoms with van der Waals surface area (Å²) >= 11 is 0. The Morgan fingerprint density at radius 2 is 1.20 bits per heavy atom. The number of aromatic nitrogens is 4. The molecular formula is C38H50FeN4P2. The molecule has 240 valence electrons. The second kappa shape index (κ2) is 3.93. The van der Waals surface area contributed by atoms with Crippen molar-refractivity contribution >= 4 is 17.2 Å². The van der Waals surface area contributed by atoms with Crippen LogP contribution in [0.5, 0.6) is 0 Å². The van der Waals surface area contributed by atoms with Crippen molar-refractivity contribution in [1.82, 2.24) is 19.9 Å². The van der Waals surface area contributed by atoms with E-state index in [1.165, 1.54) is 24.1 Å². The summed E-state index contributed by atoms with van der Waals surface area (Å²) in [6.45, 7) is 11.9. The van der Waals surface area contributed by atoms with Crippen molar-refractivity contribution in [1.29, 1.82) is 0 Å². The van der Waals surface area contributed by atoms with Crippen LogP contribution in [0.2, 0.25) is 46.7 Å². The molecule has 4 aliphatic carbocycles. The minimum absolute atomic E-state index is 0.0886. The third-order valence-corrected chi connectivity index (χ3v) is 74.7. The molecule has 4 saturated carbocycles. The van der Waals surface area contributed by atoms with Gasteiger partial charge in [-0.15, -0.1) is 0 Å². The molecule has 14 aliphatic rings. The Kier molecular flexibility index (Phi) is 2.15. The minimum atomic E-state index is -4.34. The summed E-state index contributed by atoms with van der Waals surface area (Å²) in [4.78, 5) is 28.9. The van der Waals surface area contributed by atoms with Gasteiger partial charge in [0, 0.05) is 0 Å². The number of fused-ring (bicyclic) bond motifs is 10. The van der Waals surface area contributed by atoms with E-state index < -0.39 is 6.51 Å². The summed E-state index contributed by atoms with van der Waals surface area (Å²) in [7, 11) is 3.51. The first kappa shape index (κ1) is 24.6. The van der Waals surface area contributed by atoms with Crippen LogP contribution in [0.25, 0.3) is 0 Å². The fourth-order valence-electron chi connectivity index (χ4n) is 27.9. The van der Waals surface area contributed by atoms with E-state index >= 15 is 0 Å². The van der Waals surface area contributed by atoms with E-state index in [1.807, 2.05) is 36.9 Å². The fraction of sp³-hybridized carbons (Fsp3) is 0.789. The summed E-state index contributed by atoms with van der Waals surface area (Å²) in [5.41, 5.74) is 1.45. The van der Waals surface area contributed by atoms with Crippen molar-refractivity contribution in [3.63, 3.8) is 0 Å². The predicted octanol–water partition coefficient (Wildman–Crippen LogP) is 10.0. The third-order valence-electron chi connectivity index (χ3n) is 24.6. The summed E-state index contributed by atoms with van der Waals surface area (Å²) in [5, 5.41) is 0.0871. The Balaban J connectivity index is 1.04. The van der Waals surface area contributed by atoms with Crippen LogP contribution in [0.1, 0.15) is 85.3 Å². The van der Waals surface area contributed by atoms with Gasteiger partial charge < -0.3 is 0 Å². The maximum atomic E-state index is 5.23. The Bertz CT molecular complexity index is 2160. The van der Waals surface area contributed by atoms with Crippen molar-refractivity contribution in [2.24, 2.45) is 29.1 Å². The number of nitrogens with zero attached hydrogens (tertiary/aromatic N) is 4. The zero-order valence-corrected chi connectivity index (χ0v) is 31.0. The topological polar surface area (TPSA) is 51.6 Å². The molecule has 0 amide bonds. The summed E-state index contributed by atoms with van der Waals surface area (Å²) in [5.74, 6) is 6.28. The van der Waals surface area contributed by atoms with Gasteiger partial charge >= 0.3 is 264 Å². The zero-order chi connectivity index (χ0) is 30.3. The van der Waals surface area contributed by atoms with Crippen LogP contribution in [0.3, 0.4) is 0 Å². The van der Waals surface area contributed by atoms with Gasteiger partial charge in [-0.1, -0.05) is 0 Å². The summed E-state index contributed by atoms with van der Waals surface area (Å²) in [6.07, 6.45) is 17.6. The molecule has 7 heteroatoms. The summed E-state index contributed by atoms with van der Waals surface area (Å²) < 4.78 is 1.74. The van der Waals surface area contributed by atoms with Crippen LogP contribution >= 0.6 is 17.2 Å². The van der Waals surface area contributed by atoms with Crippen molar-refractivity contribution in [3.8, 4) is 0 Å². The average Bonchev–Trinajstić information content (AvgIpc) is 3.94. The Morgan fingerprint density at radius 1 is 0.733 bits per heavy atom. The van der Waals surface area contributed by atoms with E-state index in [0.29, 0.717) is 23.5 Å². The molecule has 4 bridgehead atoms. The van der Waals surface area contributed by atoms with Crippen molar-refractivity contribution in [2.75, 3.05) is 6.16 Å². The van der Waals surface area contributed by atoms with Gasteiger partial charge in [-0.3, -0.25) is 0 Å². The molecule has 10 aliphatic heterocycles. The predicted molar refractivity (Wildman–Crippen MR) is 181 cm³/mol. The molecule has 12 heterocycles. The molecule has 1 spiro atoms. The van der Waals surface area contributed by atoms with Crippen molar-refractivity contribution in [2.45, 2.75) is 136 Å². The van der Waals surface area contributed by atoms with Crippen LogP contribution in [0.15, 0.2) is 36.9 Å². The molecule has 7 atom stereocenters. The van der Waals surface area contributed by atoms with Crippen LogP contribution < -0.4 is 0 Å². The normalized spacial score (nSPS) is 69.8. The van der Waals surface area contributed by atoms with Gasteiger partial charge in [-0.25, -0.2) is 0 Å². The molecule has 14 fully saturated rings. The average molecular weight is 681 g/mol. The van der Waals surface area contributed by atoms with E-state index in [0.717, 1.165) is 50.6 Å². The molecule has 10 saturated heterocycles. The van der Waals surface area contributed by atoms with Gasteiger partial charge in [0.05, 0.1) is 0 Å². The molecule has 16 rings (SSSR count). The molecular weight excluding hydrogens is 630 g/mol. The SMILES string of the molecule is CC(C)(C)P(C[C]12[CH]3[C]4(C(C)(C)C)[CH]5[C]1(C(P)(c1ncccn1)c1ncccn1)[Fe]35241678[CH]2[CH]1[CH]6[CH]7[CH]28)C1C2CC3CC(C2)CC1C3. The monoisotopic (exact) mass is 680 g/mol. The molecule has 4 nitrogen and oxygen atoms in total. The quantitative estimate of drug-likeness (QED) is 0.225. The number of hydrogen-bond donors (Lipinski definition) is 0. The fourth-order valence-corrected chi connectivity index (χ4v) is 121. The molecule has 45 heavy (non-hydrogen) atoms. The first-order valence-electron chi connectivity index (χ1n) is 18.5. The van der Waals surface area contributed by atoms with Crippen LogP contribution in [-0.2, 0) is 11.7 Å². The van der Waals surface area contributed by atoms with E-state index in [-0.39, 0.29) is 13.1 Å². The molecule has 0 aromatic carbocycles. The molecule has 2 aromatic heterocycles. The Labute approximate surface area is 262 Å². The van der Waals surface area contributed by atoms with E-state index in [2.05, 4.69) is 50.8 Å². The van der Waals surface area contributed by atoms with E-state index in [1.54, 1.807) is 38.3 Å². The first-order valence-corrected chi connectivity index (χ1v) is 26.8. The van der Waals surface area contributed by atoms with Crippen LogP contribution in [0, 0.1) is 29.1 Å². The van der Waals surface area contributed by atoms with E-state index in [9.17, 15) is 0 Å². The van der Waals surface area contributed by atoms with Crippen molar-refractivity contribution in [3.05, 3.63) is 48.6 Å². The second-order valence-electron chi connectivity index (χ2n) is 22.9. The van der Waals surface area contributed by atoms with Gasteiger partial charge in [-0.2, -0.15) is 0 Å². The number of rotatable bonds is 6. The van der Waals surface area contributed by atoms with Gasteiger partial charge in [-0.05, 0) is 0 Å². The van der Waals surface area contributed by atoms with Crippen LogP contribution in [-0.4, -0.2) is 36.9 Å². The molecule has 2 aromatic rings. The molecule has 0 radical (unpaired) electrons. The standard InChI is InChI=1S/C33H45N4P2.C5H5.Fe/c1-31(2,3)26-18-25(20-39(32(4,5)6)28-23-14-21-13-22(16-23)17-24(28)15-21)27(19-26)33(38,29-34-9-7-10-35-29)30-36-11-8-12-37-30;1-2-4-5-3-1;/h7-12,18-19,21-24,28H,13-17,20,38H2,1-6H3;1-5H;. The summed E-state index contributed by atoms with van der Waals surface area (Å²) in [6, 6.07) is 4.05. The van der Waals surface area contributed by atoms with Gasteiger partial charge in [0.2, 0.25) is 0 Å². The Hall–Kier alpha value is -0.461. The first-order chi connectivity index (χ1) is 21.2. The Morgan fingerprint density at radius 3 is 1.60 bits per heavy atom. The molecule has 0 N–H and O–H groups in total. The number of hydrogen-bond acceptors (Lipinski definition) is 4. The van der Waals surface area contributed by atoms with Crippen molar-refractivity contribution < 1.29 is 6.51 Å². The maximum absolute atomic E-state index is 5.23. The third kappa shape index (κ3) is 0.696.